The molecule has 1 amide bonds. The molecule has 1 atom stereocenters. The van der Waals surface area contributed by atoms with E-state index in [-0.39, 0.29) is 10.6 Å². The van der Waals surface area contributed by atoms with Gasteiger partial charge in [0.05, 0.1) is 18.2 Å². The molecule has 132 valence electrons. The van der Waals surface area contributed by atoms with Crippen molar-refractivity contribution in [2.75, 3.05) is 7.11 Å². The van der Waals surface area contributed by atoms with Gasteiger partial charge in [0.25, 0.3) is 11.5 Å². The number of aromatic nitrogens is 2. The molecule has 0 saturated heterocycles. The quantitative estimate of drug-likeness (QED) is 0.724. The average Bonchev–Trinajstić information content (AvgIpc) is 2.68. The number of amides is 1. The van der Waals surface area contributed by atoms with E-state index >= 15 is 0 Å². The number of carbonyl (C=O) groups is 1. The third kappa shape index (κ3) is 3.92. The lowest BCUT2D eigenvalue weighted by Crippen LogP contribution is -2.33. The van der Waals surface area contributed by atoms with Gasteiger partial charge in [-0.05, 0) is 41.5 Å². The van der Waals surface area contributed by atoms with E-state index < -0.39 is 17.5 Å². The number of H-pyrrole nitrogens is 1. The number of nitrogens with one attached hydrogen (secondary N) is 2. The van der Waals surface area contributed by atoms with Crippen LogP contribution in [0.2, 0.25) is 5.02 Å². The molecule has 1 unspecified atom stereocenters. The molecule has 0 aliphatic rings. The van der Waals surface area contributed by atoms with Gasteiger partial charge in [0.15, 0.2) is 0 Å². The van der Waals surface area contributed by atoms with Gasteiger partial charge < -0.3 is 15.0 Å². The Bertz CT molecular complexity index is 956. The number of rotatable bonds is 5. The van der Waals surface area contributed by atoms with Crippen molar-refractivity contribution in [2.45, 2.75) is 6.04 Å². The summed E-state index contributed by atoms with van der Waals surface area (Å²) in [6.45, 7) is 0. The Labute approximate surface area is 154 Å². The van der Waals surface area contributed by atoms with Gasteiger partial charge in [0, 0.05) is 18.6 Å². The lowest BCUT2D eigenvalue weighted by atomic mass is 9.99. The minimum absolute atomic E-state index is 0.0509. The summed E-state index contributed by atoms with van der Waals surface area (Å²) in [6.07, 6.45) is 4.62. The topological polar surface area (TPSA) is 84.1 Å². The van der Waals surface area contributed by atoms with Gasteiger partial charge >= 0.3 is 0 Å². The fourth-order valence-electron chi connectivity index (χ4n) is 2.55. The van der Waals surface area contributed by atoms with Gasteiger partial charge in [-0.3, -0.25) is 14.6 Å². The van der Waals surface area contributed by atoms with Gasteiger partial charge in [-0.25, -0.2) is 0 Å². The lowest BCUT2D eigenvalue weighted by Gasteiger charge is -2.20. The Morgan fingerprint density at radius 2 is 1.81 bits per heavy atom. The van der Waals surface area contributed by atoms with Crippen molar-refractivity contribution in [1.82, 2.24) is 15.3 Å². The van der Waals surface area contributed by atoms with Crippen LogP contribution >= 0.6 is 11.6 Å². The van der Waals surface area contributed by atoms with Gasteiger partial charge in [-0.2, -0.15) is 0 Å². The van der Waals surface area contributed by atoms with E-state index in [2.05, 4.69) is 15.3 Å². The van der Waals surface area contributed by atoms with E-state index in [9.17, 15) is 9.59 Å². The van der Waals surface area contributed by atoms with E-state index in [1.165, 1.54) is 12.3 Å². The third-order valence-electron chi connectivity index (χ3n) is 3.88. The van der Waals surface area contributed by atoms with Crippen LogP contribution in [0.4, 0.5) is 0 Å². The highest BCUT2D eigenvalue weighted by Crippen LogP contribution is 2.24. The maximum atomic E-state index is 12.7. The Kier molecular flexibility index (Phi) is 5.34. The SMILES string of the molecule is COc1ccc(C(NC(=O)c2cc(Cl)c[nH]c2=O)c2ccncc2)cc1. The number of aromatic amines is 1. The third-order valence-corrected chi connectivity index (χ3v) is 4.09. The summed E-state index contributed by atoms with van der Waals surface area (Å²) in [5, 5.41) is 3.16. The monoisotopic (exact) mass is 369 g/mol. The van der Waals surface area contributed by atoms with Crippen molar-refractivity contribution in [3.05, 3.63) is 93.1 Å². The largest absolute Gasteiger partial charge is 0.497 e. The molecule has 2 aromatic heterocycles. The number of pyridine rings is 2. The highest BCUT2D eigenvalue weighted by Gasteiger charge is 2.20. The second kappa shape index (κ2) is 7.84. The minimum atomic E-state index is -0.522. The van der Waals surface area contributed by atoms with Crippen molar-refractivity contribution >= 4 is 17.5 Å². The number of nitrogens with zero attached hydrogens (tertiary/aromatic N) is 1. The molecule has 3 rings (SSSR count). The molecule has 0 aliphatic heterocycles. The molecular formula is C19H16ClN3O3. The zero-order valence-corrected chi connectivity index (χ0v) is 14.7. The number of benzene rings is 1. The molecule has 0 saturated carbocycles. The molecular weight excluding hydrogens is 354 g/mol. The number of hydrogen-bond acceptors (Lipinski definition) is 4. The molecule has 0 radical (unpaired) electrons. The molecule has 7 heteroatoms. The van der Waals surface area contributed by atoms with E-state index in [4.69, 9.17) is 16.3 Å². The van der Waals surface area contributed by atoms with Crippen molar-refractivity contribution in [3.63, 3.8) is 0 Å². The highest BCUT2D eigenvalue weighted by atomic mass is 35.5. The number of ether oxygens (including phenoxy) is 1. The molecule has 2 N–H and O–H groups in total. The molecule has 0 fully saturated rings. The van der Waals surface area contributed by atoms with Crippen molar-refractivity contribution in [2.24, 2.45) is 0 Å². The van der Waals surface area contributed by atoms with Crippen LogP contribution in [0, 0.1) is 0 Å². The van der Waals surface area contributed by atoms with Crippen LogP contribution in [-0.4, -0.2) is 23.0 Å². The Morgan fingerprint density at radius 1 is 1.15 bits per heavy atom. The Hall–Kier alpha value is -3.12. The van der Waals surface area contributed by atoms with E-state index in [1.807, 2.05) is 24.3 Å². The Morgan fingerprint density at radius 3 is 2.46 bits per heavy atom. The molecule has 26 heavy (non-hydrogen) atoms. The van der Waals surface area contributed by atoms with Crippen LogP contribution < -0.4 is 15.6 Å². The number of hydrogen-bond donors (Lipinski definition) is 2. The minimum Gasteiger partial charge on any atom is -0.497 e. The van der Waals surface area contributed by atoms with Crippen molar-refractivity contribution < 1.29 is 9.53 Å². The lowest BCUT2D eigenvalue weighted by molar-refractivity contribution is 0.0941. The first kappa shape index (κ1) is 17.7. The maximum Gasteiger partial charge on any atom is 0.260 e. The van der Waals surface area contributed by atoms with Crippen LogP contribution in [0.1, 0.15) is 27.5 Å². The first-order chi connectivity index (χ1) is 12.6. The second-order valence-electron chi connectivity index (χ2n) is 5.52. The predicted molar refractivity (Wildman–Crippen MR) is 98.6 cm³/mol. The van der Waals surface area contributed by atoms with Gasteiger partial charge in [-0.1, -0.05) is 23.7 Å². The fourth-order valence-corrected chi connectivity index (χ4v) is 2.71. The number of carbonyl (C=O) groups excluding carboxylic acids is 1. The summed E-state index contributed by atoms with van der Waals surface area (Å²) in [6, 6.07) is 11.8. The molecule has 0 aliphatic carbocycles. The summed E-state index contributed by atoms with van der Waals surface area (Å²) in [5.41, 5.74) is 1.11. The zero-order valence-electron chi connectivity index (χ0n) is 13.9. The summed E-state index contributed by atoms with van der Waals surface area (Å²) >= 11 is 5.89. The summed E-state index contributed by atoms with van der Waals surface area (Å²) in [4.78, 5) is 31.1. The first-order valence-corrected chi connectivity index (χ1v) is 8.19. The van der Waals surface area contributed by atoms with Crippen LogP contribution in [0.3, 0.4) is 0 Å². The standard InChI is InChI=1S/C19H16ClN3O3/c1-26-15-4-2-12(3-5-15)17(13-6-8-21-9-7-13)23-19(25)16-10-14(20)11-22-18(16)24/h2-11,17H,1H3,(H,22,24)(H,23,25). The molecule has 6 nitrogen and oxygen atoms in total. The number of methoxy groups -OCH3 is 1. The normalized spacial score (nSPS) is 11.6. The molecule has 1 aromatic carbocycles. The van der Waals surface area contributed by atoms with E-state index in [0.29, 0.717) is 5.75 Å². The number of halogens is 1. The van der Waals surface area contributed by atoms with Crippen LogP contribution in [0.25, 0.3) is 0 Å². The fraction of sp³-hybridized carbons (Fsp3) is 0.105. The highest BCUT2D eigenvalue weighted by molar-refractivity contribution is 6.30. The maximum absolute atomic E-state index is 12.7. The van der Waals surface area contributed by atoms with E-state index in [1.54, 1.807) is 31.6 Å². The first-order valence-electron chi connectivity index (χ1n) is 7.81. The van der Waals surface area contributed by atoms with Crippen LogP contribution in [-0.2, 0) is 0 Å². The molecule has 3 aromatic rings. The van der Waals surface area contributed by atoms with Crippen molar-refractivity contribution in [3.8, 4) is 5.75 Å². The van der Waals surface area contributed by atoms with Gasteiger partial charge in [-0.15, -0.1) is 0 Å². The van der Waals surface area contributed by atoms with Gasteiger partial charge in [0.1, 0.15) is 11.3 Å². The molecule has 2 heterocycles. The summed E-state index contributed by atoms with van der Waals surface area (Å²) < 4.78 is 5.18. The zero-order chi connectivity index (χ0) is 18.5. The Balaban J connectivity index is 1.97. The summed E-state index contributed by atoms with van der Waals surface area (Å²) in [5.74, 6) is 0.186. The van der Waals surface area contributed by atoms with Gasteiger partial charge in [0.2, 0.25) is 0 Å². The predicted octanol–water partition coefficient (Wildman–Crippen LogP) is 2.95. The van der Waals surface area contributed by atoms with Crippen molar-refractivity contribution in [1.29, 1.82) is 0 Å². The average molecular weight is 370 g/mol. The second-order valence-corrected chi connectivity index (χ2v) is 5.96. The molecule has 0 bridgehead atoms. The van der Waals surface area contributed by atoms with E-state index in [0.717, 1.165) is 11.1 Å². The smallest absolute Gasteiger partial charge is 0.260 e. The molecule has 0 spiro atoms. The van der Waals surface area contributed by atoms with Crippen LogP contribution in [0.15, 0.2) is 65.8 Å². The van der Waals surface area contributed by atoms with Crippen LogP contribution in [0.5, 0.6) is 5.75 Å². The summed E-state index contributed by atoms with van der Waals surface area (Å²) in [7, 11) is 1.59.